The highest BCUT2D eigenvalue weighted by atomic mass is 16.6. The number of piperidine rings is 1. The number of rotatable bonds is 3. The summed E-state index contributed by atoms with van der Waals surface area (Å²) >= 11 is 0. The Morgan fingerprint density at radius 2 is 2.38 bits per heavy atom. The number of hydrogen-bond donors (Lipinski definition) is 1. The number of hydrogen-bond acceptors (Lipinski definition) is 4. The highest BCUT2D eigenvalue weighted by Gasteiger charge is 2.34. The van der Waals surface area contributed by atoms with Crippen molar-refractivity contribution in [2.75, 3.05) is 39.8 Å². The van der Waals surface area contributed by atoms with Crippen LogP contribution in [0.2, 0.25) is 0 Å². The number of carbonyl (C=O) groups is 1. The van der Waals surface area contributed by atoms with Crippen LogP contribution in [0.3, 0.4) is 0 Å². The zero-order chi connectivity index (χ0) is 11.5. The van der Waals surface area contributed by atoms with Gasteiger partial charge in [0.1, 0.15) is 6.61 Å². The van der Waals surface area contributed by atoms with E-state index in [-0.39, 0.29) is 12.1 Å². The van der Waals surface area contributed by atoms with Crippen LogP contribution in [-0.4, -0.2) is 61.8 Å². The average Bonchev–Trinajstić information content (AvgIpc) is 2.60. The molecule has 0 aromatic heterocycles. The molecule has 5 heteroatoms. The Morgan fingerprint density at radius 1 is 1.56 bits per heavy atom. The van der Waals surface area contributed by atoms with Gasteiger partial charge in [-0.25, -0.2) is 4.79 Å². The van der Waals surface area contributed by atoms with Gasteiger partial charge in [-0.1, -0.05) is 0 Å². The Labute approximate surface area is 96.5 Å². The van der Waals surface area contributed by atoms with E-state index in [9.17, 15) is 4.79 Å². The molecule has 1 amide bonds. The second-order valence-corrected chi connectivity index (χ2v) is 4.89. The summed E-state index contributed by atoms with van der Waals surface area (Å²) in [7, 11) is 2.13. The fraction of sp³-hybridized carbons (Fsp3) is 0.909. The Morgan fingerprint density at radius 3 is 3.06 bits per heavy atom. The van der Waals surface area contributed by atoms with Gasteiger partial charge in [-0.05, 0) is 32.4 Å². The van der Waals surface area contributed by atoms with Gasteiger partial charge in [-0.2, -0.15) is 0 Å². The minimum absolute atomic E-state index is 0.0831. The van der Waals surface area contributed by atoms with E-state index in [1.807, 2.05) is 4.90 Å². The largest absolute Gasteiger partial charge is 0.447 e. The summed E-state index contributed by atoms with van der Waals surface area (Å²) in [5.41, 5.74) is 5.63. The van der Waals surface area contributed by atoms with Crippen molar-refractivity contribution in [3.63, 3.8) is 0 Å². The first-order valence-corrected chi connectivity index (χ1v) is 6.02. The SMILES string of the molecule is CN1CCCC(CN2C(=O)OCC2CN)C1. The molecule has 0 radical (unpaired) electrons. The van der Waals surface area contributed by atoms with Gasteiger partial charge in [-0.3, -0.25) is 0 Å². The van der Waals surface area contributed by atoms with Crippen molar-refractivity contribution < 1.29 is 9.53 Å². The highest BCUT2D eigenvalue weighted by molar-refractivity contribution is 5.70. The molecule has 0 saturated carbocycles. The normalized spacial score (nSPS) is 31.9. The predicted molar refractivity (Wildman–Crippen MR) is 61.1 cm³/mol. The third-order valence-corrected chi connectivity index (χ3v) is 3.52. The number of amides is 1. The molecule has 2 fully saturated rings. The van der Waals surface area contributed by atoms with Crippen LogP contribution in [0.15, 0.2) is 0 Å². The Hall–Kier alpha value is -0.810. The van der Waals surface area contributed by atoms with E-state index in [1.165, 1.54) is 19.4 Å². The summed E-state index contributed by atoms with van der Waals surface area (Å²) in [6.07, 6.45) is 2.23. The van der Waals surface area contributed by atoms with Crippen molar-refractivity contribution >= 4 is 6.09 Å². The van der Waals surface area contributed by atoms with Crippen LogP contribution in [0.5, 0.6) is 0 Å². The average molecular weight is 227 g/mol. The van der Waals surface area contributed by atoms with Crippen LogP contribution in [-0.2, 0) is 4.74 Å². The topological polar surface area (TPSA) is 58.8 Å². The smallest absolute Gasteiger partial charge is 0.410 e. The summed E-state index contributed by atoms with van der Waals surface area (Å²) < 4.78 is 5.03. The fourth-order valence-electron chi connectivity index (χ4n) is 2.61. The molecule has 0 bridgehead atoms. The number of carbonyl (C=O) groups excluding carboxylic acids is 1. The van der Waals surface area contributed by atoms with Crippen molar-refractivity contribution in [1.29, 1.82) is 0 Å². The molecule has 2 aliphatic rings. The molecule has 0 aromatic rings. The maximum absolute atomic E-state index is 11.5. The molecule has 2 atom stereocenters. The standard InChI is InChI=1S/C11H21N3O2/c1-13-4-2-3-9(6-13)7-14-10(5-12)8-16-11(14)15/h9-10H,2-8,12H2,1H3. The number of nitrogens with two attached hydrogens (primary N) is 1. The lowest BCUT2D eigenvalue weighted by atomic mass is 9.97. The summed E-state index contributed by atoms with van der Waals surface area (Å²) in [5, 5.41) is 0. The lowest BCUT2D eigenvalue weighted by molar-refractivity contribution is 0.135. The van der Waals surface area contributed by atoms with Gasteiger partial charge < -0.3 is 20.3 Å². The lowest BCUT2D eigenvalue weighted by Crippen LogP contribution is -2.45. The Bertz CT molecular complexity index is 260. The number of likely N-dealkylation sites (tertiary alicyclic amines) is 1. The quantitative estimate of drug-likeness (QED) is 0.743. The van der Waals surface area contributed by atoms with E-state index in [0.29, 0.717) is 19.1 Å². The van der Waals surface area contributed by atoms with E-state index in [2.05, 4.69) is 11.9 Å². The van der Waals surface area contributed by atoms with Gasteiger partial charge in [0.2, 0.25) is 0 Å². The van der Waals surface area contributed by atoms with Crippen molar-refractivity contribution in [2.45, 2.75) is 18.9 Å². The molecule has 2 unspecified atom stereocenters. The van der Waals surface area contributed by atoms with Crippen molar-refractivity contribution in [3.05, 3.63) is 0 Å². The van der Waals surface area contributed by atoms with Crippen molar-refractivity contribution in [2.24, 2.45) is 11.7 Å². The molecule has 92 valence electrons. The molecule has 16 heavy (non-hydrogen) atoms. The van der Waals surface area contributed by atoms with Gasteiger partial charge in [0.15, 0.2) is 0 Å². The predicted octanol–water partition coefficient (Wildman–Crippen LogP) is 0.108. The van der Waals surface area contributed by atoms with Gasteiger partial charge in [0.05, 0.1) is 6.04 Å². The third kappa shape index (κ3) is 2.47. The summed E-state index contributed by atoms with van der Waals surface area (Å²) in [5.74, 6) is 0.568. The summed E-state index contributed by atoms with van der Waals surface area (Å²) in [6, 6.07) is 0.0831. The van der Waals surface area contributed by atoms with Gasteiger partial charge in [0, 0.05) is 19.6 Å². The first-order chi connectivity index (χ1) is 7.70. The summed E-state index contributed by atoms with van der Waals surface area (Å²) in [6.45, 7) is 3.99. The second kappa shape index (κ2) is 5.01. The maximum atomic E-state index is 11.5. The maximum Gasteiger partial charge on any atom is 0.410 e. The molecular weight excluding hydrogens is 206 g/mol. The first-order valence-electron chi connectivity index (χ1n) is 6.02. The minimum atomic E-state index is -0.191. The van der Waals surface area contributed by atoms with Gasteiger partial charge >= 0.3 is 6.09 Å². The third-order valence-electron chi connectivity index (χ3n) is 3.52. The zero-order valence-electron chi connectivity index (χ0n) is 9.89. The van der Waals surface area contributed by atoms with Crippen LogP contribution < -0.4 is 5.73 Å². The minimum Gasteiger partial charge on any atom is -0.447 e. The lowest BCUT2D eigenvalue weighted by Gasteiger charge is -2.33. The first kappa shape index (κ1) is 11.7. The van der Waals surface area contributed by atoms with Gasteiger partial charge in [-0.15, -0.1) is 0 Å². The molecule has 2 heterocycles. The van der Waals surface area contributed by atoms with Crippen LogP contribution >= 0.6 is 0 Å². The van der Waals surface area contributed by atoms with E-state index in [0.717, 1.165) is 13.1 Å². The molecule has 2 saturated heterocycles. The molecule has 0 aromatic carbocycles. The molecular formula is C11H21N3O2. The van der Waals surface area contributed by atoms with Crippen molar-refractivity contribution in [3.8, 4) is 0 Å². The van der Waals surface area contributed by atoms with Crippen LogP contribution in [0.1, 0.15) is 12.8 Å². The zero-order valence-corrected chi connectivity index (χ0v) is 9.89. The second-order valence-electron chi connectivity index (χ2n) is 4.89. The van der Waals surface area contributed by atoms with Crippen LogP contribution in [0, 0.1) is 5.92 Å². The molecule has 2 aliphatic heterocycles. The number of nitrogens with zero attached hydrogens (tertiary/aromatic N) is 2. The molecule has 0 aliphatic carbocycles. The van der Waals surface area contributed by atoms with E-state index in [4.69, 9.17) is 10.5 Å². The monoisotopic (exact) mass is 227 g/mol. The molecule has 2 rings (SSSR count). The number of cyclic esters (lactones) is 1. The Balaban J connectivity index is 1.89. The summed E-state index contributed by atoms with van der Waals surface area (Å²) in [4.78, 5) is 15.7. The van der Waals surface area contributed by atoms with Crippen LogP contribution in [0.25, 0.3) is 0 Å². The molecule has 5 nitrogen and oxygen atoms in total. The van der Waals surface area contributed by atoms with Gasteiger partial charge in [0.25, 0.3) is 0 Å². The molecule has 0 spiro atoms. The Kier molecular flexibility index (Phi) is 3.66. The van der Waals surface area contributed by atoms with E-state index < -0.39 is 0 Å². The van der Waals surface area contributed by atoms with E-state index >= 15 is 0 Å². The van der Waals surface area contributed by atoms with E-state index in [1.54, 1.807) is 0 Å². The van der Waals surface area contributed by atoms with Crippen LogP contribution in [0.4, 0.5) is 4.79 Å². The number of ether oxygens (including phenoxy) is 1. The fourth-order valence-corrected chi connectivity index (χ4v) is 2.61. The highest BCUT2D eigenvalue weighted by Crippen LogP contribution is 2.20. The molecule has 2 N–H and O–H groups in total. The van der Waals surface area contributed by atoms with Crippen molar-refractivity contribution in [1.82, 2.24) is 9.80 Å².